The highest BCUT2D eigenvalue weighted by molar-refractivity contribution is 7.10. The van der Waals surface area contributed by atoms with Crippen LogP contribution in [0.2, 0.25) is 0 Å². The van der Waals surface area contributed by atoms with Gasteiger partial charge in [0.15, 0.2) is 13.2 Å². The maximum absolute atomic E-state index is 13.3. The molecule has 0 saturated heterocycles. The van der Waals surface area contributed by atoms with Crippen LogP contribution in [-0.4, -0.2) is 31.7 Å². The summed E-state index contributed by atoms with van der Waals surface area (Å²) >= 11 is 1.46. The van der Waals surface area contributed by atoms with Crippen LogP contribution < -0.4 is 14.8 Å². The zero-order chi connectivity index (χ0) is 22.1. The molecule has 0 saturated carbocycles. The van der Waals surface area contributed by atoms with Gasteiger partial charge in [0.25, 0.3) is 5.91 Å². The highest BCUT2D eigenvalue weighted by atomic mass is 32.1. The quantitative estimate of drug-likeness (QED) is 0.478. The van der Waals surface area contributed by atoms with Crippen LogP contribution in [0.4, 0.5) is 4.39 Å². The fraction of sp³-hybridized carbons (Fsp3) is 0.217. The molecule has 0 spiro atoms. The summed E-state index contributed by atoms with van der Waals surface area (Å²) in [4.78, 5) is 25.2. The number of amides is 1. The van der Waals surface area contributed by atoms with Crippen molar-refractivity contribution < 1.29 is 28.2 Å². The maximum Gasteiger partial charge on any atom is 0.344 e. The molecule has 0 fully saturated rings. The Hall–Kier alpha value is -3.39. The van der Waals surface area contributed by atoms with E-state index in [0.29, 0.717) is 18.1 Å². The predicted octanol–water partition coefficient (Wildman–Crippen LogP) is 4.11. The third-order valence-electron chi connectivity index (χ3n) is 4.19. The van der Waals surface area contributed by atoms with Crippen molar-refractivity contribution in [1.82, 2.24) is 5.32 Å². The van der Waals surface area contributed by atoms with Gasteiger partial charge in [-0.25, -0.2) is 9.18 Å². The molecule has 1 atom stereocenters. The third-order valence-corrected chi connectivity index (χ3v) is 5.13. The van der Waals surface area contributed by atoms with E-state index in [0.717, 1.165) is 10.4 Å². The van der Waals surface area contributed by atoms with Gasteiger partial charge >= 0.3 is 5.97 Å². The summed E-state index contributed by atoms with van der Waals surface area (Å²) in [6.45, 7) is 1.67. The van der Waals surface area contributed by atoms with E-state index in [1.54, 1.807) is 36.4 Å². The summed E-state index contributed by atoms with van der Waals surface area (Å²) in [7, 11) is 0. The lowest BCUT2D eigenvalue weighted by Gasteiger charge is -2.18. The second-order valence-corrected chi connectivity index (χ2v) is 7.40. The van der Waals surface area contributed by atoms with Crippen molar-refractivity contribution in [2.45, 2.75) is 13.0 Å². The molecule has 8 heteroatoms. The first-order chi connectivity index (χ1) is 15.0. The topological polar surface area (TPSA) is 73.9 Å². The Kier molecular flexibility index (Phi) is 8.00. The van der Waals surface area contributed by atoms with Crippen molar-refractivity contribution in [3.8, 4) is 11.5 Å². The number of hydrogen-bond acceptors (Lipinski definition) is 6. The molecular formula is C23H22FNO5S. The van der Waals surface area contributed by atoms with E-state index in [4.69, 9.17) is 14.2 Å². The predicted molar refractivity (Wildman–Crippen MR) is 115 cm³/mol. The van der Waals surface area contributed by atoms with Crippen LogP contribution in [0.15, 0.2) is 66.0 Å². The minimum atomic E-state index is -0.668. The van der Waals surface area contributed by atoms with Gasteiger partial charge in [-0.2, -0.15) is 0 Å². The highest BCUT2D eigenvalue weighted by Crippen LogP contribution is 2.26. The molecular weight excluding hydrogens is 421 g/mol. The summed E-state index contributed by atoms with van der Waals surface area (Å²) in [5, 5.41) is 4.70. The third kappa shape index (κ3) is 6.82. The molecule has 0 aliphatic heterocycles. The van der Waals surface area contributed by atoms with Gasteiger partial charge in [-0.05, 0) is 60.3 Å². The summed E-state index contributed by atoms with van der Waals surface area (Å²) in [6, 6.07) is 16.0. The molecule has 1 heterocycles. The molecule has 3 rings (SSSR count). The van der Waals surface area contributed by atoms with Crippen molar-refractivity contribution in [2.24, 2.45) is 0 Å². The molecule has 31 heavy (non-hydrogen) atoms. The van der Waals surface area contributed by atoms with E-state index in [2.05, 4.69) is 5.32 Å². The number of carbonyl (C=O) groups excluding carboxylic acids is 2. The average molecular weight is 443 g/mol. The molecule has 0 aliphatic carbocycles. The summed E-state index contributed by atoms with van der Waals surface area (Å²) in [5.74, 6) is -0.313. The van der Waals surface area contributed by atoms with E-state index in [1.165, 1.54) is 23.5 Å². The standard InChI is InChI=1S/C23H22FNO5S/c1-2-28-18-9-11-19(12-10-18)29-15-22(27)30-14-21(26)25-23(20-4-3-13-31-20)16-5-7-17(24)8-6-16/h3-13,23H,2,14-15H2,1H3,(H,25,26). The number of halogens is 1. The number of ether oxygens (including phenoxy) is 3. The van der Waals surface area contributed by atoms with Gasteiger partial charge in [0.2, 0.25) is 0 Å². The Bertz CT molecular complexity index is 974. The molecule has 0 bridgehead atoms. The second kappa shape index (κ2) is 11.1. The Morgan fingerprint density at radius 2 is 1.65 bits per heavy atom. The minimum Gasteiger partial charge on any atom is -0.494 e. The number of benzene rings is 2. The molecule has 1 unspecified atom stereocenters. The number of rotatable bonds is 10. The number of hydrogen-bond donors (Lipinski definition) is 1. The first-order valence-corrected chi connectivity index (χ1v) is 10.5. The van der Waals surface area contributed by atoms with Gasteiger partial charge < -0.3 is 19.5 Å². The highest BCUT2D eigenvalue weighted by Gasteiger charge is 2.19. The van der Waals surface area contributed by atoms with E-state index < -0.39 is 24.5 Å². The zero-order valence-corrected chi connectivity index (χ0v) is 17.7. The summed E-state index contributed by atoms with van der Waals surface area (Å²) < 4.78 is 29.0. The molecule has 1 aromatic heterocycles. The van der Waals surface area contributed by atoms with Gasteiger partial charge in [-0.15, -0.1) is 11.3 Å². The first-order valence-electron chi connectivity index (χ1n) is 9.64. The van der Waals surface area contributed by atoms with Crippen molar-refractivity contribution in [3.63, 3.8) is 0 Å². The van der Waals surface area contributed by atoms with Gasteiger partial charge in [0, 0.05) is 4.88 Å². The van der Waals surface area contributed by atoms with E-state index in [9.17, 15) is 14.0 Å². The molecule has 6 nitrogen and oxygen atoms in total. The lowest BCUT2D eigenvalue weighted by molar-refractivity contribution is -0.150. The smallest absolute Gasteiger partial charge is 0.344 e. The van der Waals surface area contributed by atoms with Gasteiger partial charge in [-0.3, -0.25) is 4.79 Å². The minimum absolute atomic E-state index is 0.326. The van der Waals surface area contributed by atoms with Crippen LogP contribution in [0.3, 0.4) is 0 Å². The molecule has 0 aliphatic rings. The van der Waals surface area contributed by atoms with Crippen LogP contribution in [0.1, 0.15) is 23.4 Å². The fourth-order valence-corrected chi connectivity index (χ4v) is 3.56. The molecule has 1 N–H and O–H groups in total. The molecule has 2 aromatic carbocycles. The monoisotopic (exact) mass is 443 g/mol. The van der Waals surface area contributed by atoms with E-state index in [-0.39, 0.29) is 12.4 Å². The van der Waals surface area contributed by atoms with E-state index in [1.807, 2.05) is 24.4 Å². The average Bonchev–Trinajstić information content (AvgIpc) is 3.31. The van der Waals surface area contributed by atoms with Crippen LogP contribution in [0.5, 0.6) is 11.5 Å². The summed E-state index contributed by atoms with van der Waals surface area (Å²) in [6.07, 6.45) is 0. The largest absolute Gasteiger partial charge is 0.494 e. The van der Waals surface area contributed by atoms with Gasteiger partial charge in [0.1, 0.15) is 17.3 Å². The zero-order valence-electron chi connectivity index (χ0n) is 16.9. The maximum atomic E-state index is 13.3. The van der Waals surface area contributed by atoms with E-state index >= 15 is 0 Å². The number of carbonyl (C=O) groups is 2. The van der Waals surface area contributed by atoms with Crippen molar-refractivity contribution in [2.75, 3.05) is 19.8 Å². The molecule has 0 radical (unpaired) electrons. The Morgan fingerprint density at radius 3 is 2.26 bits per heavy atom. The number of nitrogens with one attached hydrogen (secondary N) is 1. The second-order valence-electron chi connectivity index (χ2n) is 6.42. The molecule has 3 aromatic rings. The molecule has 162 valence electrons. The lowest BCUT2D eigenvalue weighted by Crippen LogP contribution is -2.33. The first kappa shape index (κ1) is 22.3. The van der Waals surface area contributed by atoms with Crippen molar-refractivity contribution in [1.29, 1.82) is 0 Å². The van der Waals surface area contributed by atoms with Crippen LogP contribution in [0, 0.1) is 5.82 Å². The van der Waals surface area contributed by atoms with Crippen LogP contribution in [0.25, 0.3) is 0 Å². The van der Waals surface area contributed by atoms with Crippen molar-refractivity contribution >= 4 is 23.2 Å². The Balaban J connectivity index is 1.49. The van der Waals surface area contributed by atoms with Crippen LogP contribution in [-0.2, 0) is 14.3 Å². The fourth-order valence-electron chi connectivity index (χ4n) is 2.76. The Morgan fingerprint density at radius 1 is 0.968 bits per heavy atom. The van der Waals surface area contributed by atoms with Crippen molar-refractivity contribution in [3.05, 3.63) is 82.3 Å². The normalized spacial score (nSPS) is 11.4. The lowest BCUT2D eigenvalue weighted by atomic mass is 10.1. The summed E-state index contributed by atoms with van der Waals surface area (Å²) in [5.41, 5.74) is 0.724. The number of esters is 1. The van der Waals surface area contributed by atoms with Gasteiger partial charge in [-0.1, -0.05) is 18.2 Å². The van der Waals surface area contributed by atoms with Crippen LogP contribution >= 0.6 is 11.3 Å². The SMILES string of the molecule is CCOc1ccc(OCC(=O)OCC(=O)NC(c2ccc(F)cc2)c2cccs2)cc1. The molecule has 1 amide bonds. The Labute approximate surface area is 183 Å². The van der Waals surface area contributed by atoms with Gasteiger partial charge in [0.05, 0.1) is 12.6 Å². The number of thiophene rings is 1.